The van der Waals surface area contributed by atoms with Crippen LogP contribution in [0.25, 0.3) is 0 Å². The number of benzene rings is 1. The van der Waals surface area contributed by atoms with E-state index in [1.165, 1.54) is 0 Å². The molecule has 1 aromatic rings. The Morgan fingerprint density at radius 3 is 2.53 bits per heavy atom. The van der Waals surface area contributed by atoms with Crippen molar-refractivity contribution in [1.82, 2.24) is 5.32 Å². The van der Waals surface area contributed by atoms with Gasteiger partial charge in [-0.2, -0.15) is 0 Å². The van der Waals surface area contributed by atoms with Crippen molar-refractivity contribution >= 4 is 0 Å². The quantitative estimate of drug-likeness (QED) is 0.791. The second kappa shape index (κ2) is 7.30. The van der Waals surface area contributed by atoms with Crippen molar-refractivity contribution in [3.05, 3.63) is 29.8 Å². The molecule has 1 rings (SSSR count). The number of nitrogens with one attached hydrogen (secondary N) is 1. The summed E-state index contributed by atoms with van der Waals surface area (Å²) in [5.74, 6) is 0.885. The molecule has 0 aromatic heterocycles. The maximum absolute atomic E-state index is 5.94. The summed E-state index contributed by atoms with van der Waals surface area (Å²) in [6.45, 7) is 7.93. The van der Waals surface area contributed by atoms with Crippen molar-refractivity contribution in [2.75, 3.05) is 20.2 Å². The Morgan fingerprint density at radius 2 is 1.94 bits per heavy atom. The normalized spacial score (nSPS) is 12.8. The molecule has 0 heterocycles. The van der Waals surface area contributed by atoms with Gasteiger partial charge in [0.1, 0.15) is 5.75 Å². The fourth-order valence-corrected chi connectivity index (χ4v) is 1.77. The smallest absolute Gasteiger partial charge is 0.124 e. The largest absolute Gasteiger partial charge is 0.496 e. The molecular weight excluding hydrogens is 214 g/mol. The van der Waals surface area contributed by atoms with Crippen LogP contribution in [0.15, 0.2) is 24.3 Å². The van der Waals surface area contributed by atoms with Gasteiger partial charge >= 0.3 is 0 Å². The van der Waals surface area contributed by atoms with E-state index < -0.39 is 0 Å². The molecule has 3 heteroatoms. The fraction of sp³-hybridized carbons (Fsp3) is 0.571. The lowest BCUT2D eigenvalue weighted by Gasteiger charge is -2.22. The number of para-hydroxylation sites is 1. The van der Waals surface area contributed by atoms with E-state index in [2.05, 4.69) is 18.3 Å². The summed E-state index contributed by atoms with van der Waals surface area (Å²) in [7, 11) is 1.69. The highest BCUT2D eigenvalue weighted by Crippen LogP contribution is 2.27. The van der Waals surface area contributed by atoms with Crippen LogP contribution in [0.4, 0.5) is 0 Å². The van der Waals surface area contributed by atoms with E-state index in [4.69, 9.17) is 9.47 Å². The van der Waals surface area contributed by atoms with Gasteiger partial charge < -0.3 is 14.8 Å². The van der Waals surface area contributed by atoms with Crippen LogP contribution in [-0.2, 0) is 4.74 Å². The molecule has 1 atom stereocenters. The number of hydrogen-bond acceptors (Lipinski definition) is 3. The Labute approximate surface area is 104 Å². The molecule has 0 bridgehead atoms. The third kappa shape index (κ3) is 4.36. The highest BCUT2D eigenvalue weighted by Gasteiger charge is 2.17. The van der Waals surface area contributed by atoms with Gasteiger partial charge in [-0.1, -0.05) is 25.1 Å². The van der Waals surface area contributed by atoms with Crippen molar-refractivity contribution < 1.29 is 9.47 Å². The molecular formula is C14H23NO2. The van der Waals surface area contributed by atoms with Crippen LogP contribution in [0.5, 0.6) is 5.75 Å². The van der Waals surface area contributed by atoms with Crippen LogP contribution < -0.4 is 10.1 Å². The Hall–Kier alpha value is -1.06. The van der Waals surface area contributed by atoms with E-state index in [1.807, 2.05) is 32.0 Å². The Kier molecular flexibility index (Phi) is 6.01. The van der Waals surface area contributed by atoms with Crippen LogP contribution in [-0.4, -0.2) is 26.3 Å². The average molecular weight is 237 g/mol. The van der Waals surface area contributed by atoms with Gasteiger partial charge in [0.25, 0.3) is 0 Å². The molecule has 3 nitrogen and oxygen atoms in total. The van der Waals surface area contributed by atoms with E-state index in [0.717, 1.165) is 24.4 Å². The summed E-state index contributed by atoms with van der Waals surface area (Å²) in [5.41, 5.74) is 1.10. The van der Waals surface area contributed by atoms with E-state index >= 15 is 0 Å². The zero-order valence-electron chi connectivity index (χ0n) is 11.2. The predicted molar refractivity (Wildman–Crippen MR) is 70.5 cm³/mol. The van der Waals surface area contributed by atoms with Crippen molar-refractivity contribution in [3.63, 3.8) is 0 Å². The third-order valence-electron chi connectivity index (χ3n) is 2.50. The van der Waals surface area contributed by atoms with Gasteiger partial charge in [0, 0.05) is 12.1 Å². The molecule has 0 aliphatic heterocycles. The average Bonchev–Trinajstić information content (AvgIpc) is 2.34. The second-order valence-electron chi connectivity index (χ2n) is 4.22. The number of rotatable bonds is 7. The van der Waals surface area contributed by atoms with E-state index in [-0.39, 0.29) is 12.2 Å². The van der Waals surface area contributed by atoms with E-state index in [1.54, 1.807) is 7.11 Å². The first-order valence-electron chi connectivity index (χ1n) is 6.18. The zero-order valence-corrected chi connectivity index (χ0v) is 11.2. The molecule has 0 saturated heterocycles. The molecule has 0 saturated carbocycles. The molecule has 1 N–H and O–H groups in total. The highest BCUT2D eigenvalue weighted by molar-refractivity contribution is 5.35. The summed E-state index contributed by atoms with van der Waals surface area (Å²) >= 11 is 0. The third-order valence-corrected chi connectivity index (χ3v) is 2.50. The number of methoxy groups -OCH3 is 1. The molecule has 0 radical (unpaired) electrons. The molecule has 96 valence electrons. The lowest BCUT2D eigenvalue weighted by atomic mass is 10.1. The summed E-state index contributed by atoms with van der Waals surface area (Å²) in [5, 5.41) is 3.32. The molecule has 0 spiro atoms. The summed E-state index contributed by atoms with van der Waals surface area (Å²) in [6.07, 6.45) is 0.231. The number of ether oxygens (including phenoxy) is 2. The molecule has 0 amide bonds. The lowest BCUT2D eigenvalue weighted by molar-refractivity contribution is 0.00622. The molecule has 17 heavy (non-hydrogen) atoms. The van der Waals surface area contributed by atoms with Crippen molar-refractivity contribution in [1.29, 1.82) is 0 Å². The van der Waals surface area contributed by atoms with Crippen LogP contribution >= 0.6 is 0 Å². The highest BCUT2D eigenvalue weighted by atomic mass is 16.5. The second-order valence-corrected chi connectivity index (χ2v) is 4.22. The van der Waals surface area contributed by atoms with Gasteiger partial charge in [-0.25, -0.2) is 0 Å². The SMILES string of the molecule is CCNCC(OC(C)C)c1ccccc1OC. The molecule has 0 aliphatic rings. The number of likely N-dealkylation sites (N-methyl/N-ethyl adjacent to an activating group) is 1. The summed E-state index contributed by atoms with van der Waals surface area (Å²) < 4.78 is 11.3. The van der Waals surface area contributed by atoms with Crippen LogP contribution in [0, 0.1) is 0 Å². The maximum atomic E-state index is 5.94. The first kappa shape index (κ1) is 14.0. The number of hydrogen-bond donors (Lipinski definition) is 1. The minimum absolute atomic E-state index is 0.0334. The fourth-order valence-electron chi connectivity index (χ4n) is 1.77. The van der Waals surface area contributed by atoms with Crippen LogP contribution in [0.1, 0.15) is 32.4 Å². The van der Waals surface area contributed by atoms with Gasteiger partial charge in [-0.3, -0.25) is 0 Å². The lowest BCUT2D eigenvalue weighted by Crippen LogP contribution is -2.25. The van der Waals surface area contributed by atoms with Gasteiger partial charge in [-0.05, 0) is 26.5 Å². The first-order valence-corrected chi connectivity index (χ1v) is 6.18. The van der Waals surface area contributed by atoms with Gasteiger partial charge in [0.15, 0.2) is 0 Å². The zero-order chi connectivity index (χ0) is 12.7. The minimum atomic E-state index is 0.0334. The molecule has 1 unspecified atom stereocenters. The van der Waals surface area contributed by atoms with Gasteiger partial charge in [0.05, 0.1) is 19.3 Å². The Bertz CT molecular complexity index is 326. The Balaban J connectivity index is 2.86. The van der Waals surface area contributed by atoms with Gasteiger partial charge in [-0.15, -0.1) is 0 Å². The van der Waals surface area contributed by atoms with E-state index in [0.29, 0.717) is 0 Å². The van der Waals surface area contributed by atoms with Gasteiger partial charge in [0.2, 0.25) is 0 Å². The Morgan fingerprint density at radius 1 is 1.24 bits per heavy atom. The standard InChI is InChI=1S/C14H23NO2/c1-5-15-10-14(17-11(2)3)12-8-6-7-9-13(12)16-4/h6-9,11,14-15H,5,10H2,1-4H3. The molecule has 0 aliphatic carbocycles. The maximum Gasteiger partial charge on any atom is 0.124 e. The van der Waals surface area contributed by atoms with Crippen LogP contribution in [0.2, 0.25) is 0 Å². The predicted octanol–water partition coefficient (Wildman–Crippen LogP) is 2.77. The molecule has 1 aromatic carbocycles. The first-order chi connectivity index (χ1) is 8.19. The monoisotopic (exact) mass is 237 g/mol. The van der Waals surface area contributed by atoms with Crippen molar-refractivity contribution in [2.45, 2.75) is 33.0 Å². The minimum Gasteiger partial charge on any atom is -0.496 e. The van der Waals surface area contributed by atoms with Crippen molar-refractivity contribution in [3.8, 4) is 5.75 Å². The van der Waals surface area contributed by atoms with E-state index in [9.17, 15) is 0 Å². The summed E-state index contributed by atoms with van der Waals surface area (Å²) in [6, 6.07) is 8.02. The summed E-state index contributed by atoms with van der Waals surface area (Å²) in [4.78, 5) is 0. The van der Waals surface area contributed by atoms with Crippen LogP contribution in [0.3, 0.4) is 0 Å². The molecule has 0 fully saturated rings. The topological polar surface area (TPSA) is 30.5 Å². The van der Waals surface area contributed by atoms with Crippen molar-refractivity contribution in [2.24, 2.45) is 0 Å².